The van der Waals surface area contributed by atoms with Gasteiger partial charge in [-0.15, -0.1) is 13.2 Å². The minimum atomic E-state index is -4.90. The SMILES string of the molecule is Nc1ccc(OC(F)(F)F)cc1C(=O)NCC(=O)NC1CCN(Cc2ccc(Cl)cc2[AsH2])C1. The van der Waals surface area contributed by atoms with E-state index in [0.717, 1.165) is 42.1 Å². The molecule has 2 amide bonds. The van der Waals surface area contributed by atoms with Gasteiger partial charge in [-0.1, -0.05) is 0 Å². The van der Waals surface area contributed by atoms with E-state index in [1.54, 1.807) is 0 Å². The van der Waals surface area contributed by atoms with Crippen LogP contribution in [0.2, 0.25) is 5.02 Å². The van der Waals surface area contributed by atoms with E-state index in [9.17, 15) is 22.8 Å². The molecule has 2 aromatic rings. The van der Waals surface area contributed by atoms with E-state index < -0.39 is 23.9 Å². The minimum absolute atomic E-state index is 0.0345. The summed E-state index contributed by atoms with van der Waals surface area (Å²) in [5.41, 5.74) is 6.62. The second-order valence-electron chi connectivity index (χ2n) is 7.61. The quantitative estimate of drug-likeness (QED) is 0.358. The van der Waals surface area contributed by atoms with Crippen LogP contribution in [0.4, 0.5) is 18.9 Å². The molecule has 2 unspecified atom stereocenters. The van der Waals surface area contributed by atoms with Crippen molar-refractivity contribution in [3.8, 4) is 5.75 Å². The zero-order valence-electron chi connectivity index (χ0n) is 17.4. The van der Waals surface area contributed by atoms with Crippen molar-refractivity contribution in [3.63, 3.8) is 0 Å². The summed E-state index contributed by atoms with van der Waals surface area (Å²) in [4.78, 5) is 26.8. The topological polar surface area (TPSA) is 96.7 Å². The Morgan fingerprint density at radius 1 is 1.24 bits per heavy atom. The molecule has 2 atom stereocenters. The molecule has 12 heteroatoms. The maximum atomic E-state index is 12.4. The van der Waals surface area contributed by atoms with Crippen molar-refractivity contribution in [2.45, 2.75) is 25.4 Å². The Morgan fingerprint density at radius 2 is 2.00 bits per heavy atom. The number of anilines is 1. The second kappa shape index (κ2) is 10.7. The predicted octanol–water partition coefficient (Wildman–Crippen LogP) is 1.20. The van der Waals surface area contributed by atoms with Crippen molar-refractivity contribution >= 4 is 50.3 Å². The Labute approximate surface area is 202 Å². The molecule has 0 spiro atoms. The molecular formula is C21H23AsClF3N4O3. The first kappa shape index (κ1) is 25.2. The van der Waals surface area contributed by atoms with E-state index in [4.69, 9.17) is 17.3 Å². The molecule has 2 aromatic carbocycles. The first-order valence-electron chi connectivity index (χ1n) is 9.99. The van der Waals surface area contributed by atoms with Crippen molar-refractivity contribution < 1.29 is 27.5 Å². The number of nitrogen functional groups attached to an aromatic ring is 1. The van der Waals surface area contributed by atoms with E-state index in [2.05, 4.69) is 20.3 Å². The zero-order valence-corrected chi connectivity index (χ0v) is 20.6. The molecule has 0 aliphatic carbocycles. The van der Waals surface area contributed by atoms with Crippen LogP contribution < -0.4 is 25.5 Å². The molecule has 1 fully saturated rings. The van der Waals surface area contributed by atoms with Gasteiger partial charge in [0.1, 0.15) is 5.75 Å². The van der Waals surface area contributed by atoms with Crippen molar-refractivity contribution in [1.29, 1.82) is 0 Å². The zero-order chi connectivity index (χ0) is 24.2. The van der Waals surface area contributed by atoms with E-state index in [0.29, 0.717) is 11.6 Å². The Kier molecular flexibility index (Phi) is 8.15. The van der Waals surface area contributed by atoms with Crippen LogP contribution >= 0.6 is 11.6 Å². The molecule has 33 heavy (non-hydrogen) atoms. The molecule has 3 rings (SSSR count). The molecule has 1 aliphatic rings. The Hall–Kier alpha value is -2.42. The molecular weight excluding hydrogens is 524 g/mol. The van der Waals surface area contributed by atoms with Gasteiger partial charge >= 0.3 is 149 Å². The fraction of sp³-hybridized carbons (Fsp3) is 0.333. The number of halogens is 4. The van der Waals surface area contributed by atoms with Crippen molar-refractivity contribution in [1.82, 2.24) is 15.5 Å². The van der Waals surface area contributed by atoms with Gasteiger partial charge in [0.05, 0.1) is 0 Å². The number of carbonyl (C=O) groups excluding carboxylic acids is 2. The van der Waals surface area contributed by atoms with Crippen LogP contribution in [0.25, 0.3) is 0 Å². The summed E-state index contributed by atoms with van der Waals surface area (Å²) >= 11 is 7.51. The molecule has 0 bridgehead atoms. The monoisotopic (exact) mass is 546 g/mol. The number of ether oxygens (including phenoxy) is 1. The molecule has 0 saturated carbocycles. The van der Waals surface area contributed by atoms with Gasteiger partial charge in [-0.2, -0.15) is 0 Å². The number of amides is 2. The molecule has 7 nitrogen and oxygen atoms in total. The van der Waals surface area contributed by atoms with Crippen LogP contribution in [0, 0.1) is 0 Å². The van der Waals surface area contributed by atoms with Gasteiger partial charge in [0.2, 0.25) is 0 Å². The van der Waals surface area contributed by atoms with Crippen molar-refractivity contribution in [2.75, 3.05) is 25.4 Å². The van der Waals surface area contributed by atoms with Crippen molar-refractivity contribution in [3.05, 3.63) is 52.5 Å². The Morgan fingerprint density at radius 3 is 2.70 bits per heavy atom. The number of nitrogens with two attached hydrogens (primary N) is 1. The third-order valence-corrected chi connectivity index (χ3v) is 6.41. The summed E-state index contributed by atoms with van der Waals surface area (Å²) in [5.74, 6) is -1.75. The summed E-state index contributed by atoms with van der Waals surface area (Å²) in [7, 11) is 0. The fourth-order valence-corrected chi connectivity index (χ4v) is 4.68. The average Bonchev–Trinajstić information content (AvgIpc) is 3.15. The molecule has 178 valence electrons. The molecule has 0 radical (unpaired) electrons. The number of likely N-dealkylation sites (tertiary alicyclic amines) is 1. The Bertz CT molecular complexity index is 1040. The number of carbonyl (C=O) groups is 2. The van der Waals surface area contributed by atoms with E-state index in [-0.39, 0.29) is 23.8 Å². The number of nitrogens with one attached hydrogen (secondary N) is 2. The number of rotatable bonds is 7. The average molecular weight is 547 g/mol. The van der Waals surface area contributed by atoms with Crippen LogP contribution in [0.5, 0.6) is 5.75 Å². The number of hydrogen-bond donors (Lipinski definition) is 3. The van der Waals surface area contributed by atoms with E-state index >= 15 is 0 Å². The van der Waals surface area contributed by atoms with Crippen molar-refractivity contribution in [2.24, 2.45) is 0 Å². The fourth-order valence-electron chi connectivity index (χ4n) is 3.51. The van der Waals surface area contributed by atoms with Gasteiger partial charge in [0, 0.05) is 5.69 Å². The normalized spacial score (nSPS) is 16.5. The van der Waals surface area contributed by atoms with Gasteiger partial charge < -0.3 is 10.5 Å². The summed E-state index contributed by atoms with van der Waals surface area (Å²) in [6.07, 6.45) is -4.13. The second-order valence-corrected chi connectivity index (χ2v) is 9.35. The molecule has 0 aromatic heterocycles. The van der Waals surface area contributed by atoms with Crippen LogP contribution in [-0.4, -0.2) is 65.6 Å². The third-order valence-electron chi connectivity index (χ3n) is 5.05. The summed E-state index contributed by atoms with van der Waals surface area (Å²) in [6.45, 7) is 1.90. The van der Waals surface area contributed by atoms with Gasteiger partial charge in [-0.25, -0.2) is 0 Å². The van der Waals surface area contributed by atoms with Gasteiger partial charge in [-0.3, -0.25) is 0 Å². The van der Waals surface area contributed by atoms with Gasteiger partial charge in [-0.05, 0) is 18.2 Å². The first-order chi connectivity index (χ1) is 15.5. The van der Waals surface area contributed by atoms with Crippen LogP contribution in [0.15, 0.2) is 36.4 Å². The molecule has 1 saturated heterocycles. The van der Waals surface area contributed by atoms with E-state index in [1.165, 1.54) is 22.4 Å². The number of nitrogens with zero attached hydrogens (tertiary/aromatic N) is 1. The summed E-state index contributed by atoms with van der Waals surface area (Å²) < 4.78 is 42.1. The molecule has 1 heterocycles. The molecule has 4 N–H and O–H groups in total. The predicted molar refractivity (Wildman–Crippen MR) is 121 cm³/mol. The van der Waals surface area contributed by atoms with Gasteiger partial charge in [0.15, 0.2) is 0 Å². The van der Waals surface area contributed by atoms with E-state index in [1.807, 2.05) is 18.2 Å². The van der Waals surface area contributed by atoms with Crippen LogP contribution in [0.3, 0.4) is 0 Å². The number of benzene rings is 2. The number of hydrogen-bond acceptors (Lipinski definition) is 5. The third kappa shape index (κ3) is 7.55. The summed E-state index contributed by atoms with van der Waals surface area (Å²) in [6, 6.07) is 8.74. The Balaban J connectivity index is 1.48. The van der Waals surface area contributed by atoms with Crippen LogP contribution in [0.1, 0.15) is 22.3 Å². The maximum absolute atomic E-state index is 12.4. The number of alkyl halides is 3. The van der Waals surface area contributed by atoms with Gasteiger partial charge in [0.25, 0.3) is 0 Å². The first-order valence-corrected chi connectivity index (χ1v) is 11.6. The summed E-state index contributed by atoms with van der Waals surface area (Å²) in [5, 5.41) is 5.94. The van der Waals surface area contributed by atoms with Crippen LogP contribution in [-0.2, 0) is 11.3 Å². The molecule has 1 aliphatic heterocycles. The standard InChI is InChI=1S/C21H23AsClF3N4O3/c22-17-7-13(23)2-1-12(17)10-30-6-5-14(11-30)29-19(31)9-28-20(32)16-8-15(3-4-18(16)27)33-21(24,25)26/h1-4,7-8,14H,5-6,9-11,22,27H2,(H,28,32)(H,29,31).